The highest BCUT2D eigenvalue weighted by atomic mass is 32.1. The summed E-state index contributed by atoms with van der Waals surface area (Å²) in [4.78, 5) is 8.54. The van der Waals surface area contributed by atoms with Crippen LogP contribution in [0, 0.1) is 6.92 Å². The molecule has 96 valence electrons. The number of nitrogens with zero attached hydrogens (tertiary/aromatic N) is 3. The number of aryl methyl sites for hydroxylation is 1. The van der Waals surface area contributed by atoms with E-state index in [1.54, 1.807) is 0 Å². The predicted molar refractivity (Wildman–Crippen MR) is 73.8 cm³/mol. The maximum Gasteiger partial charge on any atom is 0.233 e. The zero-order valence-electron chi connectivity index (χ0n) is 10.3. The van der Waals surface area contributed by atoms with Crippen molar-refractivity contribution in [3.63, 3.8) is 0 Å². The maximum absolute atomic E-state index is 5.59. The Bertz CT molecular complexity index is 704. The van der Waals surface area contributed by atoms with Gasteiger partial charge in [0.25, 0.3) is 0 Å². The van der Waals surface area contributed by atoms with E-state index < -0.39 is 0 Å². The second-order valence-corrected chi connectivity index (χ2v) is 5.12. The minimum Gasteiger partial charge on any atom is -0.375 e. The van der Waals surface area contributed by atoms with Gasteiger partial charge in [0.15, 0.2) is 5.13 Å². The van der Waals surface area contributed by atoms with E-state index in [-0.39, 0.29) is 0 Å². The van der Waals surface area contributed by atoms with Crippen LogP contribution in [0.4, 0.5) is 5.13 Å². The number of anilines is 1. The van der Waals surface area contributed by atoms with Crippen LogP contribution >= 0.6 is 11.3 Å². The van der Waals surface area contributed by atoms with Gasteiger partial charge in [0.1, 0.15) is 0 Å². The molecule has 0 aliphatic heterocycles. The molecular weight excluding hydrogens is 260 g/mol. The molecule has 0 aliphatic rings. The highest BCUT2D eigenvalue weighted by molar-refractivity contribution is 7.13. The number of rotatable bonds is 3. The second kappa shape index (κ2) is 4.81. The number of thiazole rings is 1. The lowest BCUT2D eigenvalue weighted by Crippen LogP contribution is -1.90. The molecule has 3 rings (SSSR count). The van der Waals surface area contributed by atoms with Gasteiger partial charge in [-0.25, -0.2) is 4.98 Å². The molecule has 5 nitrogen and oxygen atoms in total. The molecule has 0 spiro atoms. The van der Waals surface area contributed by atoms with Gasteiger partial charge in [-0.2, -0.15) is 4.98 Å². The van der Waals surface area contributed by atoms with Crippen LogP contribution in [0.15, 0.2) is 34.2 Å². The molecule has 2 N–H and O–H groups in total. The van der Waals surface area contributed by atoms with Crippen molar-refractivity contribution in [2.45, 2.75) is 13.3 Å². The van der Waals surface area contributed by atoms with Crippen molar-refractivity contribution in [1.29, 1.82) is 0 Å². The lowest BCUT2D eigenvalue weighted by atomic mass is 10.1. The number of aromatic nitrogens is 3. The summed E-state index contributed by atoms with van der Waals surface area (Å²) in [6, 6.07) is 7.99. The van der Waals surface area contributed by atoms with Crippen molar-refractivity contribution >= 4 is 16.5 Å². The fourth-order valence-electron chi connectivity index (χ4n) is 1.79. The Balaban J connectivity index is 1.83. The van der Waals surface area contributed by atoms with Crippen LogP contribution in [0.2, 0.25) is 0 Å². The summed E-state index contributed by atoms with van der Waals surface area (Å²) >= 11 is 1.41. The molecule has 0 bridgehead atoms. The Morgan fingerprint density at radius 2 is 2.21 bits per heavy atom. The van der Waals surface area contributed by atoms with E-state index >= 15 is 0 Å². The zero-order valence-corrected chi connectivity index (χ0v) is 11.1. The molecule has 0 radical (unpaired) electrons. The Kier molecular flexibility index (Phi) is 3.00. The van der Waals surface area contributed by atoms with Crippen molar-refractivity contribution in [3.8, 4) is 11.4 Å². The molecule has 1 aromatic carbocycles. The predicted octanol–water partition coefficient (Wildman–Crippen LogP) is 2.67. The van der Waals surface area contributed by atoms with Gasteiger partial charge in [-0.15, -0.1) is 11.3 Å². The van der Waals surface area contributed by atoms with Gasteiger partial charge in [0.2, 0.25) is 11.7 Å². The molecule has 0 saturated carbocycles. The first-order chi connectivity index (χ1) is 9.20. The van der Waals surface area contributed by atoms with E-state index in [0.717, 1.165) is 16.8 Å². The summed E-state index contributed by atoms with van der Waals surface area (Å²) in [5.74, 6) is 1.14. The van der Waals surface area contributed by atoms with Gasteiger partial charge in [0, 0.05) is 10.9 Å². The fraction of sp³-hybridized carbons (Fsp3) is 0.154. The van der Waals surface area contributed by atoms with Crippen molar-refractivity contribution < 1.29 is 4.52 Å². The SMILES string of the molecule is Cc1cccc(-c2noc(Cc3csc(N)n3)n2)c1. The number of nitrogens with two attached hydrogens (primary N) is 1. The average molecular weight is 272 g/mol. The third-order valence-corrected chi connectivity index (χ3v) is 3.37. The first-order valence-electron chi connectivity index (χ1n) is 5.80. The molecular formula is C13H12N4OS. The Morgan fingerprint density at radius 1 is 1.32 bits per heavy atom. The first kappa shape index (κ1) is 11.9. The summed E-state index contributed by atoms with van der Waals surface area (Å²) in [6.07, 6.45) is 0.506. The normalized spacial score (nSPS) is 10.8. The summed E-state index contributed by atoms with van der Waals surface area (Å²) in [6.45, 7) is 2.03. The van der Waals surface area contributed by atoms with Crippen molar-refractivity contribution in [2.24, 2.45) is 0 Å². The highest BCUT2D eigenvalue weighted by Gasteiger charge is 2.10. The van der Waals surface area contributed by atoms with E-state index in [0.29, 0.717) is 23.3 Å². The molecule has 0 unspecified atom stereocenters. The Labute approximate surface area is 114 Å². The Morgan fingerprint density at radius 3 is 2.95 bits per heavy atom. The molecule has 19 heavy (non-hydrogen) atoms. The summed E-state index contributed by atoms with van der Waals surface area (Å²) in [5, 5.41) is 6.43. The smallest absolute Gasteiger partial charge is 0.233 e. The Hall–Kier alpha value is -2.21. The molecule has 3 aromatic rings. The maximum atomic E-state index is 5.59. The van der Waals surface area contributed by atoms with Crippen LogP contribution < -0.4 is 5.73 Å². The van der Waals surface area contributed by atoms with Crippen LogP contribution in [-0.4, -0.2) is 15.1 Å². The summed E-state index contributed by atoms with van der Waals surface area (Å²) in [5.41, 5.74) is 8.55. The standard InChI is InChI=1S/C13H12N4OS/c1-8-3-2-4-9(5-8)12-16-11(18-17-12)6-10-7-19-13(14)15-10/h2-5,7H,6H2,1H3,(H2,14,15). The van der Waals surface area contributed by atoms with Crippen LogP contribution in [0.3, 0.4) is 0 Å². The van der Waals surface area contributed by atoms with Crippen LogP contribution in [-0.2, 0) is 6.42 Å². The van der Waals surface area contributed by atoms with E-state index in [9.17, 15) is 0 Å². The molecule has 2 aromatic heterocycles. The van der Waals surface area contributed by atoms with Crippen LogP contribution in [0.25, 0.3) is 11.4 Å². The van der Waals surface area contributed by atoms with Gasteiger partial charge in [-0.3, -0.25) is 0 Å². The highest BCUT2D eigenvalue weighted by Crippen LogP contribution is 2.19. The quantitative estimate of drug-likeness (QED) is 0.793. The lowest BCUT2D eigenvalue weighted by molar-refractivity contribution is 0.385. The van der Waals surface area contributed by atoms with Crippen molar-refractivity contribution in [3.05, 3.63) is 46.8 Å². The number of hydrogen-bond donors (Lipinski definition) is 1. The number of benzene rings is 1. The average Bonchev–Trinajstić information content (AvgIpc) is 2.99. The monoisotopic (exact) mass is 272 g/mol. The molecule has 0 atom stereocenters. The summed E-state index contributed by atoms with van der Waals surface area (Å²) in [7, 11) is 0. The van der Waals surface area contributed by atoms with E-state index in [1.807, 2.05) is 36.6 Å². The molecule has 0 amide bonds. The van der Waals surface area contributed by atoms with Crippen LogP contribution in [0.1, 0.15) is 17.1 Å². The van der Waals surface area contributed by atoms with Crippen molar-refractivity contribution in [2.75, 3.05) is 5.73 Å². The topological polar surface area (TPSA) is 77.8 Å². The first-order valence-corrected chi connectivity index (χ1v) is 6.68. The third-order valence-electron chi connectivity index (χ3n) is 2.65. The third kappa shape index (κ3) is 2.63. The fourth-order valence-corrected chi connectivity index (χ4v) is 2.35. The van der Waals surface area contributed by atoms with Gasteiger partial charge in [0.05, 0.1) is 12.1 Å². The van der Waals surface area contributed by atoms with E-state index in [4.69, 9.17) is 10.3 Å². The molecule has 0 saturated heterocycles. The largest absolute Gasteiger partial charge is 0.375 e. The van der Waals surface area contributed by atoms with Crippen molar-refractivity contribution in [1.82, 2.24) is 15.1 Å². The van der Waals surface area contributed by atoms with Gasteiger partial charge < -0.3 is 10.3 Å². The van der Waals surface area contributed by atoms with E-state index in [1.165, 1.54) is 11.3 Å². The minimum atomic E-state index is 0.506. The molecule has 2 heterocycles. The zero-order chi connectivity index (χ0) is 13.2. The summed E-state index contributed by atoms with van der Waals surface area (Å²) < 4.78 is 5.23. The number of nitrogen functional groups attached to an aromatic ring is 1. The number of hydrogen-bond acceptors (Lipinski definition) is 6. The lowest BCUT2D eigenvalue weighted by Gasteiger charge is -1.95. The molecule has 6 heteroatoms. The van der Waals surface area contributed by atoms with Gasteiger partial charge >= 0.3 is 0 Å². The van der Waals surface area contributed by atoms with Crippen LogP contribution in [0.5, 0.6) is 0 Å². The second-order valence-electron chi connectivity index (χ2n) is 4.24. The van der Waals surface area contributed by atoms with Gasteiger partial charge in [-0.1, -0.05) is 28.9 Å². The minimum absolute atomic E-state index is 0.506. The van der Waals surface area contributed by atoms with E-state index in [2.05, 4.69) is 15.1 Å². The molecule has 0 aliphatic carbocycles. The molecule has 0 fully saturated rings. The van der Waals surface area contributed by atoms with Gasteiger partial charge in [-0.05, 0) is 13.0 Å².